The first-order valence-corrected chi connectivity index (χ1v) is 23.9. The van der Waals surface area contributed by atoms with Crippen LogP contribution in [0.3, 0.4) is 0 Å². The third-order valence-electron chi connectivity index (χ3n) is 13.9. The molecule has 0 aliphatic rings. The monoisotopic (exact) mass is 858 g/mol. The highest BCUT2D eigenvalue weighted by Crippen LogP contribution is 2.50. The summed E-state index contributed by atoms with van der Waals surface area (Å²) in [5.74, 6) is 0.710. The maximum absolute atomic E-state index is 2.52. The summed E-state index contributed by atoms with van der Waals surface area (Å²) in [6.45, 7) is 23.0. The molecule has 328 valence electrons. The Bertz CT molecular complexity index is 3190. The van der Waals surface area contributed by atoms with Gasteiger partial charge in [0.2, 0.25) is 0 Å². The Morgan fingerprint density at radius 2 is 0.652 bits per heavy atom. The van der Waals surface area contributed by atoms with Gasteiger partial charge in [0.25, 0.3) is 0 Å². The van der Waals surface area contributed by atoms with E-state index in [1.165, 1.54) is 87.5 Å². The van der Waals surface area contributed by atoms with Crippen molar-refractivity contribution >= 4 is 88.0 Å². The Hall–Kier alpha value is -6.90. The Balaban J connectivity index is 1.35. The fourth-order valence-corrected chi connectivity index (χ4v) is 9.98. The summed E-state index contributed by atoms with van der Waals surface area (Å²) in [5.41, 5.74) is 12.3. The third-order valence-corrected chi connectivity index (χ3v) is 13.9. The van der Waals surface area contributed by atoms with E-state index in [-0.39, 0.29) is 10.8 Å². The number of anilines is 6. The van der Waals surface area contributed by atoms with Gasteiger partial charge in [-0.3, -0.25) is 0 Å². The predicted molar refractivity (Wildman–Crippen MR) is 289 cm³/mol. The lowest BCUT2D eigenvalue weighted by atomic mass is 9.86. The van der Waals surface area contributed by atoms with Gasteiger partial charge in [0.15, 0.2) is 0 Å². The molecule has 0 N–H and O–H groups in total. The molecule has 0 saturated carbocycles. The van der Waals surface area contributed by atoms with Crippen molar-refractivity contribution < 1.29 is 0 Å². The summed E-state index contributed by atoms with van der Waals surface area (Å²) < 4.78 is 0. The molecule has 0 aliphatic heterocycles. The van der Waals surface area contributed by atoms with Crippen molar-refractivity contribution in [2.45, 2.75) is 91.9 Å². The summed E-state index contributed by atoms with van der Waals surface area (Å²) in [5, 5.41) is 12.3. The molecular formula is C64H62N2. The van der Waals surface area contributed by atoms with Crippen molar-refractivity contribution in [3.63, 3.8) is 0 Å². The highest BCUT2D eigenvalue weighted by atomic mass is 15.2. The van der Waals surface area contributed by atoms with Crippen molar-refractivity contribution in [2.24, 2.45) is 0 Å². The minimum Gasteiger partial charge on any atom is -0.309 e. The van der Waals surface area contributed by atoms with Gasteiger partial charge in [-0.05, 0) is 126 Å². The summed E-state index contributed by atoms with van der Waals surface area (Å²) in [6.07, 6.45) is 0. The van der Waals surface area contributed by atoms with Gasteiger partial charge in [-0.1, -0.05) is 203 Å². The summed E-state index contributed by atoms with van der Waals surface area (Å²) in [4.78, 5) is 5.05. The van der Waals surface area contributed by atoms with Crippen molar-refractivity contribution in [3.05, 3.63) is 204 Å². The van der Waals surface area contributed by atoms with E-state index >= 15 is 0 Å². The van der Waals surface area contributed by atoms with Gasteiger partial charge in [0.1, 0.15) is 0 Å². The molecular weight excluding hydrogens is 797 g/mol. The SMILES string of the molecule is CC(C)c1ccc2c(N(c3ccc(C(C)(C)C)cc3)c3cccc4ccccc34)cc3c4cc(C(C)C)ccc4c(N(c4ccc(C(C)(C)C)cc4)c4cccc5ccccc45)cc3c2c1. The van der Waals surface area contributed by atoms with E-state index < -0.39 is 0 Å². The van der Waals surface area contributed by atoms with Gasteiger partial charge in [-0.25, -0.2) is 0 Å². The van der Waals surface area contributed by atoms with Crippen LogP contribution in [0.4, 0.5) is 34.1 Å². The Kier molecular flexibility index (Phi) is 10.8. The quantitative estimate of drug-likeness (QED) is 0.141. The topological polar surface area (TPSA) is 6.48 Å². The summed E-state index contributed by atoms with van der Waals surface area (Å²) in [7, 11) is 0. The van der Waals surface area contributed by atoms with E-state index in [0.717, 1.165) is 22.7 Å². The van der Waals surface area contributed by atoms with E-state index in [1.807, 2.05) is 0 Å². The van der Waals surface area contributed by atoms with Gasteiger partial charge in [0.05, 0.1) is 22.7 Å². The lowest BCUT2D eigenvalue weighted by molar-refractivity contribution is 0.590. The third kappa shape index (κ3) is 7.67. The Morgan fingerprint density at radius 1 is 0.303 bits per heavy atom. The van der Waals surface area contributed by atoms with Gasteiger partial charge in [-0.2, -0.15) is 0 Å². The number of fused-ring (bicyclic) bond motifs is 7. The smallest absolute Gasteiger partial charge is 0.0546 e. The van der Waals surface area contributed by atoms with Crippen LogP contribution in [0.2, 0.25) is 0 Å². The molecule has 2 nitrogen and oxygen atoms in total. The highest BCUT2D eigenvalue weighted by Gasteiger charge is 2.26. The van der Waals surface area contributed by atoms with Crippen LogP contribution in [-0.4, -0.2) is 0 Å². The van der Waals surface area contributed by atoms with Crippen LogP contribution >= 0.6 is 0 Å². The molecule has 10 aromatic carbocycles. The second kappa shape index (κ2) is 16.5. The molecule has 0 fully saturated rings. The minimum absolute atomic E-state index is 0.0327. The zero-order chi connectivity index (χ0) is 46.1. The molecule has 0 aliphatic carbocycles. The molecule has 2 heteroatoms. The average molecular weight is 859 g/mol. The van der Waals surface area contributed by atoms with E-state index in [4.69, 9.17) is 0 Å². The lowest BCUT2D eigenvalue weighted by Gasteiger charge is -2.31. The molecule has 10 aromatic rings. The number of benzene rings is 10. The largest absolute Gasteiger partial charge is 0.309 e. The van der Waals surface area contributed by atoms with Gasteiger partial charge in [-0.15, -0.1) is 0 Å². The molecule has 0 heterocycles. The zero-order valence-corrected chi connectivity index (χ0v) is 40.4. The van der Waals surface area contributed by atoms with Crippen molar-refractivity contribution in [1.82, 2.24) is 0 Å². The molecule has 10 rings (SSSR count). The van der Waals surface area contributed by atoms with Crippen molar-refractivity contribution in [1.29, 1.82) is 0 Å². The average Bonchev–Trinajstić information content (AvgIpc) is 3.31. The maximum atomic E-state index is 2.52. The number of hydrogen-bond donors (Lipinski definition) is 0. The number of rotatable bonds is 8. The van der Waals surface area contributed by atoms with Crippen LogP contribution in [0.15, 0.2) is 182 Å². The second-order valence-corrected chi connectivity index (χ2v) is 21.1. The molecule has 66 heavy (non-hydrogen) atoms. The van der Waals surface area contributed by atoms with Gasteiger partial charge < -0.3 is 9.80 Å². The van der Waals surface area contributed by atoms with E-state index in [2.05, 4.69) is 261 Å². The number of hydrogen-bond acceptors (Lipinski definition) is 2. The van der Waals surface area contributed by atoms with Crippen LogP contribution in [-0.2, 0) is 10.8 Å². The number of nitrogens with zero attached hydrogens (tertiary/aromatic N) is 2. The molecule has 0 amide bonds. The van der Waals surface area contributed by atoms with Crippen LogP contribution in [0.5, 0.6) is 0 Å². The normalized spacial score (nSPS) is 12.4. The van der Waals surface area contributed by atoms with Crippen molar-refractivity contribution in [3.8, 4) is 0 Å². The Morgan fingerprint density at radius 3 is 1.02 bits per heavy atom. The van der Waals surface area contributed by atoms with Gasteiger partial charge >= 0.3 is 0 Å². The van der Waals surface area contributed by atoms with Crippen LogP contribution in [0.1, 0.15) is 103 Å². The molecule has 0 spiro atoms. The van der Waals surface area contributed by atoms with Gasteiger partial charge in [0, 0.05) is 32.9 Å². The first kappa shape index (κ1) is 43.0. The zero-order valence-electron chi connectivity index (χ0n) is 40.4. The molecule has 0 atom stereocenters. The minimum atomic E-state index is 0.0327. The lowest BCUT2D eigenvalue weighted by Crippen LogP contribution is -2.14. The molecule has 0 radical (unpaired) electrons. The Labute approximate surface area is 392 Å². The fourth-order valence-electron chi connectivity index (χ4n) is 9.98. The fraction of sp³-hybridized carbons (Fsp3) is 0.219. The molecule has 0 aromatic heterocycles. The van der Waals surface area contributed by atoms with E-state index in [9.17, 15) is 0 Å². The van der Waals surface area contributed by atoms with Crippen LogP contribution in [0, 0.1) is 0 Å². The predicted octanol–water partition coefficient (Wildman–Crippen LogP) is 19.2. The van der Waals surface area contributed by atoms with E-state index in [1.54, 1.807) is 0 Å². The molecule has 0 saturated heterocycles. The summed E-state index contributed by atoms with van der Waals surface area (Å²) in [6, 6.07) is 69.1. The first-order valence-electron chi connectivity index (χ1n) is 23.9. The van der Waals surface area contributed by atoms with Crippen LogP contribution in [0.25, 0.3) is 53.9 Å². The maximum Gasteiger partial charge on any atom is 0.0546 e. The molecule has 0 bridgehead atoms. The summed E-state index contributed by atoms with van der Waals surface area (Å²) >= 11 is 0. The molecule has 0 unspecified atom stereocenters. The first-order chi connectivity index (χ1) is 31.7. The van der Waals surface area contributed by atoms with Crippen LogP contribution < -0.4 is 9.80 Å². The standard InChI is InChI=1S/C64H62N2/c1-41(2)45-25-35-53-55(37-45)57-39-62(66(50-33-29-48(30-34-50)64(8,9)10)60-24-16-20-44-18-12-14-22-52(44)60)54-36-26-46(42(3)4)38-56(54)58(57)40-61(53)65(49-31-27-47(28-32-49)63(5,6)7)59-23-15-19-43-17-11-13-21-51(43)59/h11-42H,1-10H3. The van der Waals surface area contributed by atoms with E-state index in [0.29, 0.717) is 11.8 Å². The highest BCUT2D eigenvalue weighted by molar-refractivity contribution is 6.25. The second-order valence-electron chi connectivity index (χ2n) is 21.1. The van der Waals surface area contributed by atoms with Crippen molar-refractivity contribution in [2.75, 3.05) is 9.80 Å².